The molecule has 0 bridgehead atoms. The molecule has 1 aliphatic rings. The molecule has 1 aromatic carbocycles. The minimum Gasteiger partial charge on any atom is -0.394 e. The summed E-state index contributed by atoms with van der Waals surface area (Å²) in [6.45, 7) is 0.786. The van der Waals surface area contributed by atoms with Crippen molar-refractivity contribution in [2.24, 2.45) is 0 Å². The van der Waals surface area contributed by atoms with Gasteiger partial charge in [-0.1, -0.05) is 11.6 Å². The van der Waals surface area contributed by atoms with Gasteiger partial charge in [-0.05, 0) is 12.1 Å². The Morgan fingerprint density at radius 2 is 2.35 bits per heavy atom. The number of aliphatic hydroxyl groups excluding tert-OH is 1. The number of halogens is 1. The Bertz CT molecular complexity index is 537. The second-order valence-electron chi connectivity index (χ2n) is 4.35. The Labute approximate surface area is 119 Å². The topological polar surface area (TPSA) is 92.9 Å². The van der Waals surface area contributed by atoms with Crippen molar-refractivity contribution in [3.05, 3.63) is 38.9 Å². The first-order valence-electron chi connectivity index (χ1n) is 5.98. The molecule has 108 valence electrons. The largest absolute Gasteiger partial charge is 0.394 e. The lowest BCUT2D eigenvalue weighted by Crippen LogP contribution is -2.46. The number of amides is 1. The molecule has 1 saturated heterocycles. The summed E-state index contributed by atoms with van der Waals surface area (Å²) in [7, 11) is 0. The molecule has 0 spiro atoms. The van der Waals surface area contributed by atoms with Gasteiger partial charge < -0.3 is 14.7 Å². The summed E-state index contributed by atoms with van der Waals surface area (Å²) in [6, 6.07) is 3.94. The van der Waals surface area contributed by atoms with Gasteiger partial charge in [-0.2, -0.15) is 0 Å². The second-order valence-corrected chi connectivity index (χ2v) is 4.76. The van der Waals surface area contributed by atoms with Gasteiger partial charge in [0.15, 0.2) is 0 Å². The fourth-order valence-electron chi connectivity index (χ4n) is 1.98. The molecule has 1 unspecified atom stereocenters. The van der Waals surface area contributed by atoms with E-state index < -0.39 is 11.0 Å². The lowest BCUT2D eigenvalue weighted by molar-refractivity contribution is -0.384. The van der Waals surface area contributed by atoms with Crippen molar-refractivity contribution >= 4 is 23.2 Å². The van der Waals surface area contributed by atoms with Crippen LogP contribution >= 0.6 is 11.6 Å². The molecule has 1 N–H and O–H groups in total. The quantitative estimate of drug-likeness (QED) is 0.666. The second kappa shape index (κ2) is 6.17. The van der Waals surface area contributed by atoms with Crippen molar-refractivity contribution in [3.8, 4) is 0 Å². The van der Waals surface area contributed by atoms with Crippen molar-refractivity contribution in [1.29, 1.82) is 0 Å². The molecule has 1 aromatic rings. The number of ether oxygens (including phenoxy) is 1. The number of carbonyl (C=O) groups excluding carboxylic acids is 1. The molecule has 1 atom stereocenters. The summed E-state index contributed by atoms with van der Waals surface area (Å²) in [6.07, 6.45) is -0.421. The molecule has 0 aliphatic carbocycles. The van der Waals surface area contributed by atoms with Gasteiger partial charge in [-0.15, -0.1) is 0 Å². The van der Waals surface area contributed by atoms with Gasteiger partial charge >= 0.3 is 0 Å². The maximum Gasteiger partial charge on any atom is 0.288 e. The van der Waals surface area contributed by atoms with Crippen LogP contribution in [0, 0.1) is 10.1 Å². The van der Waals surface area contributed by atoms with Crippen molar-refractivity contribution in [2.75, 3.05) is 26.3 Å². The molecule has 8 heteroatoms. The first-order valence-corrected chi connectivity index (χ1v) is 6.36. The van der Waals surface area contributed by atoms with Crippen LogP contribution in [-0.2, 0) is 4.74 Å². The number of benzene rings is 1. The van der Waals surface area contributed by atoms with E-state index in [-0.39, 0.29) is 35.3 Å². The Morgan fingerprint density at radius 3 is 3.00 bits per heavy atom. The highest BCUT2D eigenvalue weighted by Crippen LogP contribution is 2.26. The highest BCUT2D eigenvalue weighted by atomic mass is 35.5. The predicted molar refractivity (Wildman–Crippen MR) is 70.8 cm³/mol. The zero-order chi connectivity index (χ0) is 14.7. The van der Waals surface area contributed by atoms with Gasteiger partial charge in [0.25, 0.3) is 11.6 Å². The summed E-state index contributed by atoms with van der Waals surface area (Å²) >= 11 is 5.71. The lowest BCUT2D eigenvalue weighted by atomic mass is 10.1. The third-order valence-corrected chi connectivity index (χ3v) is 3.34. The molecule has 1 heterocycles. The lowest BCUT2D eigenvalue weighted by Gasteiger charge is -2.32. The number of rotatable bonds is 3. The molecule has 7 nitrogen and oxygen atoms in total. The molecule has 0 aromatic heterocycles. The first kappa shape index (κ1) is 14.7. The van der Waals surface area contributed by atoms with E-state index in [2.05, 4.69) is 0 Å². The molecule has 2 rings (SSSR count). The van der Waals surface area contributed by atoms with E-state index in [0.717, 1.165) is 6.07 Å². The minimum absolute atomic E-state index is 0.0123. The van der Waals surface area contributed by atoms with E-state index in [1.165, 1.54) is 17.0 Å². The summed E-state index contributed by atoms with van der Waals surface area (Å²) in [5.41, 5.74) is -0.107. The minimum atomic E-state index is -0.630. The van der Waals surface area contributed by atoms with Crippen LogP contribution in [-0.4, -0.2) is 53.2 Å². The Balaban J connectivity index is 2.20. The molecule has 0 radical (unpaired) electrons. The zero-order valence-electron chi connectivity index (χ0n) is 10.5. The first-order chi connectivity index (χ1) is 9.52. The average molecular weight is 301 g/mol. The van der Waals surface area contributed by atoms with Crippen LogP contribution in [0.1, 0.15) is 10.4 Å². The van der Waals surface area contributed by atoms with Crippen LogP contribution < -0.4 is 0 Å². The maximum atomic E-state index is 12.3. The highest BCUT2D eigenvalue weighted by Gasteiger charge is 2.26. The van der Waals surface area contributed by atoms with E-state index in [1.54, 1.807) is 0 Å². The van der Waals surface area contributed by atoms with Crippen LogP contribution in [0.2, 0.25) is 5.02 Å². The number of nitro benzene ring substituents is 1. The molecular weight excluding hydrogens is 288 g/mol. The average Bonchev–Trinajstić information content (AvgIpc) is 2.46. The number of aliphatic hydroxyl groups is 1. The normalized spacial score (nSPS) is 18.9. The molecule has 0 saturated carbocycles. The molecular formula is C12H13ClN2O5. The number of carbonyl (C=O) groups is 1. The molecule has 1 aliphatic heterocycles. The number of nitrogens with zero attached hydrogens (tertiary/aromatic N) is 2. The van der Waals surface area contributed by atoms with Crippen molar-refractivity contribution in [2.45, 2.75) is 6.10 Å². The van der Waals surface area contributed by atoms with Crippen LogP contribution in [0.5, 0.6) is 0 Å². The Hall–Kier alpha value is -1.70. The SMILES string of the molecule is O=C(c1ccc(Cl)c([N+](=O)[O-])c1)N1CCOC(CO)C1. The van der Waals surface area contributed by atoms with Crippen LogP contribution in [0.3, 0.4) is 0 Å². The summed E-state index contributed by atoms with van der Waals surface area (Å²) < 4.78 is 5.25. The third kappa shape index (κ3) is 3.06. The third-order valence-electron chi connectivity index (χ3n) is 3.02. The number of nitro groups is 1. The zero-order valence-corrected chi connectivity index (χ0v) is 11.2. The van der Waals surface area contributed by atoms with Gasteiger partial charge in [0, 0.05) is 24.7 Å². The summed E-state index contributed by atoms with van der Waals surface area (Å²) in [5.74, 6) is -0.341. The number of morpholine rings is 1. The fraction of sp³-hybridized carbons (Fsp3) is 0.417. The van der Waals surface area contributed by atoms with Gasteiger partial charge in [0.05, 0.1) is 24.2 Å². The van der Waals surface area contributed by atoms with Gasteiger partial charge in [0.1, 0.15) is 5.02 Å². The monoisotopic (exact) mass is 300 g/mol. The fourth-order valence-corrected chi connectivity index (χ4v) is 2.17. The van der Waals surface area contributed by atoms with E-state index in [1.807, 2.05) is 0 Å². The van der Waals surface area contributed by atoms with Gasteiger partial charge in [0.2, 0.25) is 0 Å². The van der Waals surface area contributed by atoms with Gasteiger partial charge in [-0.3, -0.25) is 14.9 Å². The Kier molecular flexibility index (Phi) is 4.53. The van der Waals surface area contributed by atoms with E-state index in [4.69, 9.17) is 21.4 Å². The predicted octanol–water partition coefficient (Wildman–Crippen LogP) is 1.08. The van der Waals surface area contributed by atoms with Crippen molar-refractivity contribution < 1.29 is 19.6 Å². The smallest absolute Gasteiger partial charge is 0.288 e. The number of hydrogen-bond acceptors (Lipinski definition) is 5. The number of hydrogen-bond donors (Lipinski definition) is 1. The van der Waals surface area contributed by atoms with E-state index in [0.29, 0.717) is 13.2 Å². The molecule has 1 fully saturated rings. The van der Waals surface area contributed by atoms with Crippen LogP contribution in [0.15, 0.2) is 18.2 Å². The Morgan fingerprint density at radius 1 is 1.60 bits per heavy atom. The van der Waals surface area contributed by atoms with Crippen LogP contribution in [0.25, 0.3) is 0 Å². The highest BCUT2D eigenvalue weighted by molar-refractivity contribution is 6.32. The molecule has 20 heavy (non-hydrogen) atoms. The van der Waals surface area contributed by atoms with Crippen molar-refractivity contribution in [3.63, 3.8) is 0 Å². The molecule has 1 amide bonds. The standard InChI is InChI=1S/C12H13ClN2O5/c13-10-2-1-8(5-11(10)15(18)19)12(17)14-3-4-20-9(6-14)7-16/h1-2,5,9,16H,3-4,6-7H2. The maximum absolute atomic E-state index is 12.3. The summed E-state index contributed by atoms with van der Waals surface area (Å²) in [4.78, 5) is 24.0. The summed E-state index contributed by atoms with van der Waals surface area (Å²) in [5, 5.41) is 19.8. The van der Waals surface area contributed by atoms with Crippen molar-refractivity contribution in [1.82, 2.24) is 4.90 Å². The van der Waals surface area contributed by atoms with E-state index >= 15 is 0 Å². The van der Waals surface area contributed by atoms with E-state index in [9.17, 15) is 14.9 Å². The van der Waals surface area contributed by atoms with Gasteiger partial charge in [-0.25, -0.2) is 0 Å². The van der Waals surface area contributed by atoms with Crippen LogP contribution in [0.4, 0.5) is 5.69 Å².